The maximum Gasteiger partial charge on any atom is 0.338 e. The van der Waals surface area contributed by atoms with Crippen molar-refractivity contribution in [1.29, 1.82) is 0 Å². The second kappa shape index (κ2) is 10.8. The molecule has 0 radical (unpaired) electrons. The normalized spacial score (nSPS) is 11.0. The lowest BCUT2D eigenvalue weighted by Gasteiger charge is -2.22. The summed E-state index contributed by atoms with van der Waals surface area (Å²) in [6.45, 7) is 4.03. The summed E-state index contributed by atoms with van der Waals surface area (Å²) >= 11 is 0. The van der Waals surface area contributed by atoms with Gasteiger partial charge < -0.3 is 10.1 Å². The van der Waals surface area contributed by atoms with E-state index in [1.807, 2.05) is 26.0 Å². The highest BCUT2D eigenvalue weighted by Crippen LogP contribution is 2.19. The Morgan fingerprint density at radius 2 is 1.63 bits per heavy atom. The van der Waals surface area contributed by atoms with Crippen LogP contribution >= 0.6 is 0 Å². The van der Waals surface area contributed by atoms with E-state index in [2.05, 4.69) is 5.32 Å². The number of esters is 1. The SMILES string of the molecule is CCCCOC(=O)c1ccc(NC(=O)CN(c2ccc(CC)cc2)S(C)(=O)=O)cc1. The van der Waals surface area contributed by atoms with E-state index in [0.29, 0.717) is 23.5 Å². The van der Waals surface area contributed by atoms with Crippen LogP contribution in [-0.2, 0) is 26.0 Å². The highest BCUT2D eigenvalue weighted by molar-refractivity contribution is 7.92. The summed E-state index contributed by atoms with van der Waals surface area (Å²) in [5, 5.41) is 2.66. The predicted octanol–water partition coefficient (Wildman–Crippen LogP) is 3.61. The minimum atomic E-state index is -3.64. The van der Waals surface area contributed by atoms with Crippen LogP contribution in [0.1, 0.15) is 42.6 Å². The Kier molecular flexibility index (Phi) is 8.41. The van der Waals surface area contributed by atoms with E-state index in [-0.39, 0.29) is 6.54 Å². The zero-order valence-electron chi connectivity index (χ0n) is 17.6. The van der Waals surface area contributed by atoms with Gasteiger partial charge in [-0.1, -0.05) is 32.4 Å². The van der Waals surface area contributed by atoms with Crippen LogP contribution in [0.3, 0.4) is 0 Å². The Labute approximate surface area is 178 Å². The Morgan fingerprint density at radius 3 is 2.17 bits per heavy atom. The van der Waals surface area contributed by atoms with Crippen LogP contribution in [0.25, 0.3) is 0 Å². The van der Waals surface area contributed by atoms with Crippen molar-refractivity contribution in [2.75, 3.05) is 29.0 Å². The fourth-order valence-corrected chi connectivity index (χ4v) is 3.57. The molecule has 30 heavy (non-hydrogen) atoms. The highest BCUT2D eigenvalue weighted by atomic mass is 32.2. The van der Waals surface area contributed by atoms with Crippen LogP contribution in [0, 0.1) is 0 Å². The molecule has 0 atom stereocenters. The molecule has 0 saturated heterocycles. The van der Waals surface area contributed by atoms with Crippen molar-refractivity contribution in [3.05, 3.63) is 59.7 Å². The van der Waals surface area contributed by atoms with Crippen LogP contribution in [0.4, 0.5) is 11.4 Å². The molecule has 1 amide bonds. The fourth-order valence-electron chi connectivity index (χ4n) is 2.71. The number of nitrogens with one attached hydrogen (secondary N) is 1. The van der Waals surface area contributed by atoms with Gasteiger partial charge in [0.1, 0.15) is 6.54 Å². The molecule has 0 heterocycles. The van der Waals surface area contributed by atoms with Gasteiger partial charge in [-0.25, -0.2) is 13.2 Å². The van der Waals surface area contributed by atoms with Crippen LogP contribution in [0.5, 0.6) is 0 Å². The number of unbranched alkanes of at least 4 members (excludes halogenated alkanes) is 1. The molecular formula is C22H28N2O5S. The lowest BCUT2D eigenvalue weighted by molar-refractivity contribution is -0.114. The Balaban J connectivity index is 2.03. The van der Waals surface area contributed by atoms with E-state index in [0.717, 1.165) is 35.4 Å². The molecule has 0 aliphatic rings. The molecule has 8 heteroatoms. The maximum absolute atomic E-state index is 12.5. The van der Waals surface area contributed by atoms with Crippen molar-refractivity contribution in [2.45, 2.75) is 33.1 Å². The first-order valence-electron chi connectivity index (χ1n) is 9.88. The molecule has 0 aliphatic carbocycles. The van der Waals surface area contributed by atoms with Crippen LogP contribution in [-0.4, -0.2) is 39.7 Å². The van der Waals surface area contributed by atoms with Crippen molar-refractivity contribution in [1.82, 2.24) is 0 Å². The van der Waals surface area contributed by atoms with Gasteiger partial charge in [0.15, 0.2) is 0 Å². The Hall–Kier alpha value is -2.87. The average molecular weight is 433 g/mol. The molecule has 7 nitrogen and oxygen atoms in total. The quantitative estimate of drug-likeness (QED) is 0.457. The molecule has 0 fully saturated rings. The molecule has 2 aromatic rings. The molecule has 0 spiro atoms. The van der Waals surface area contributed by atoms with Crippen LogP contribution in [0.15, 0.2) is 48.5 Å². The number of carbonyl (C=O) groups excluding carboxylic acids is 2. The molecular weight excluding hydrogens is 404 g/mol. The van der Waals surface area contributed by atoms with Gasteiger partial charge in [-0.15, -0.1) is 0 Å². The molecule has 2 rings (SSSR count). The third-order valence-corrected chi connectivity index (χ3v) is 5.60. The average Bonchev–Trinajstić information content (AvgIpc) is 2.72. The third kappa shape index (κ3) is 6.88. The van der Waals surface area contributed by atoms with Gasteiger partial charge in [0.2, 0.25) is 15.9 Å². The van der Waals surface area contributed by atoms with E-state index in [1.54, 1.807) is 36.4 Å². The summed E-state index contributed by atoms with van der Waals surface area (Å²) in [7, 11) is -3.64. The Bertz CT molecular complexity index is 954. The molecule has 0 bridgehead atoms. The van der Waals surface area contributed by atoms with Gasteiger partial charge in [0, 0.05) is 5.69 Å². The first kappa shape index (κ1) is 23.4. The number of aryl methyl sites for hydroxylation is 1. The largest absolute Gasteiger partial charge is 0.462 e. The molecule has 0 aliphatic heterocycles. The molecule has 162 valence electrons. The summed E-state index contributed by atoms with van der Waals surface area (Å²) in [4.78, 5) is 24.4. The first-order valence-corrected chi connectivity index (χ1v) is 11.7. The van der Waals surface area contributed by atoms with E-state index in [1.165, 1.54) is 0 Å². The lowest BCUT2D eigenvalue weighted by atomic mass is 10.1. The summed E-state index contributed by atoms with van der Waals surface area (Å²) < 4.78 is 30.6. The van der Waals surface area contributed by atoms with Gasteiger partial charge in [-0.3, -0.25) is 9.10 Å². The number of amides is 1. The second-order valence-corrected chi connectivity index (χ2v) is 8.81. The predicted molar refractivity (Wildman–Crippen MR) is 118 cm³/mol. The minimum absolute atomic E-state index is 0.356. The van der Waals surface area contributed by atoms with Gasteiger partial charge >= 0.3 is 5.97 Å². The van der Waals surface area contributed by atoms with Crippen LogP contribution in [0.2, 0.25) is 0 Å². The molecule has 0 unspecified atom stereocenters. The number of carbonyl (C=O) groups is 2. The summed E-state index contributed by atoms with van der Waals surface area (Å²) in [6.07, 6.45) is 3.64. The first-order chi connectivity index (χ1) is 14.2. The van der Waals surface area contributed by atoms with Crippen molar-refractivity contribution in [3.8, 4) is 0 Å². The number of nitrogens with zero attached hydrogens (tertiary/aromatic N) is 1. The number of sulfonamides is 1. The van der Waals surface area contributed by atoms with Crippen LogP contribution < -0.4 is 9.62 Å². The molecule has 0 aromatic heterocycles. The number of hydrogen-bond acceptors (Lipinski definition) is 5. The number of anilines is 2. The smallest absolute Gasteiger partial charge is 0.338 e. The summed E-state index contributed by atoms with van der Waals surface area (Å²) in [5.74, 6) is -0.904. The Morgan fingerprint density at radius 1 is 1.00 bits per heavy atom. The molecule has 1 N–H and O–H groups in total. The number of benzene rings is 2. The van der Waals surface area contributed by atoms with Crippen molar-refractivity contribution >= 4 is 33.3 Å². The van der Waals surface area contributed by atoms with Gasteiger partial charge in [-0.05, 0) is 54.8 Å². The molecule has 2 aromatic carbocycles. The second-order valence-electron chi connectivity index (χ2n) is 6.90. The highest BCUT2D eigenvalue weighted by Gasteiger charge is 2.21. The topological polar surface area (TPSA) is 92.8 Å². The lowest BCUT2D eigenvalue weighted by Crippen LogP contribution is -2.37. The van der Waals surface area contributed by atoms with Crippen molar-refractivity contribution < 1.29 is 22.7 Å². The van der Waals surface area contributed by atoms with Crippen molar-refractivity contribution in [3.63, 3.8) is 0 Å². The number of ether oxygens (including phenoxy) is 1. The third-order valence-electron chi connectivity index (χ3n) is 4.46. The number of rotatable bonds is 10. The van der Waals surface area contributed by atoms with E-state index >= 15 is 0 Å². The zero-order valence-corrected chi connectivity index (χ0v) is 18.4. The zero-order chi connectivity index (χ0) is 22.1. The fraction of sp³-hybridized carbons (Fsp3) is 0.364. The van der Waals surface area contributed by atoms with E-state index < -0.39 is 21.9 Å². The van der Waals surface area contributed by atoms with Crippen molar-refractivity contribution in [2.24, 2.45) is 0 Å². The van der Waals surface area contributed by atoms with Gasteiger partial charge in [-0.2, -0.15) is 0 Å². The molecule has 0 saturated carbocycles. The van der Waals surface area contributed by atoms with E-state index in [9.17, 15) is 18.0 Å². The van der Waals surface area contributed by atoms with Gasteiger partial charge in [0.25, 0.3) is 0 Å². The summed E-state index contributed by atoms with van der Waals surface area (Å²) in [6, 6.07) is 13.3. The van der Waals surface area contributed by atoms with Gasteiger partial charge in [0.05, 0.1) is 24.1 Å². The number of hydrogen-bond donors (Lipinski definition) is 1. The van der Waals surface area contributed by atoms with E-state index in [4.69, 9.17) is 4.74 Å². The maximum atomic E-state index is 12.5. The standard InChI is InChI=1S/C22H28N2O5S/c1-4-6-15-29-22(26)18-9-11-19(12-10-18)23-21(25)16-24(30(3,27)28)20-13-7-17(5-2)8-14-20/h7-14H,4-6,15-16H2,1-3H3,(H,23,25). The monoisotopic (exact) mass is 432 g/mol. The summed E-state index contributed by atoms with van der Waals surface area (Å²) in [5.41, 5.74) is 2.35. The minimum Gasteiger partial charge on any atom is -0.462 e.